The first kappa shape index (κ1) is 38.2. The standard InChI is InChI=1S/C18H36P2.C8H12.CHF3O3S.Rh/c1-5-15-9-10-16(6-2)19(15)13-14-20-17(7-3)11-12-18(20)8-4;1-2-4-6-8-7-5-3-1;2-1(3,4)8(5,6)7;/h15-18H,5-14H2,1-4H3;1-2,7-8H,3-6H2;(H,5,6,7);/p-1/t15-,16-,17-,18-;;;/m1.../s1. The zero-order chi connectivity index (χ0) is 27.2. The fourth-order valence-electron chi connectivity index (χ4n) is 5.60. The summed E-state index contributed by atoms with van der Waals surface area (Å²) in [6.07, 6.45) is 29.4. The summed E-state index contributed by atoms with van der Waals surface area (Å²) in [4.78, 5) is 0. The molecule has 3 nitrogen and oxygen atoms in total. The molecule has 0 aromatic carbocycles. The molecule has 0 bridgehead atoms. The van der Waals surface area contributed by atoms with Gasteiger partial charge in [0.1, 0.15) is 0 Å². The average molecular weight is 675 g/mol. The molecule has 0 spiro atoms. The maximum absolute atomic E-state index is 10.7. The van der Waals surface area contributed by atoms with Crippen LogP contribution in [0.25, 0.3) is 0 Å². The van der Waals surface area contributed by atoms with E-state index in [1.807, 2.05) is 0 Å². The molecule has 3 rings (SSSR count). The summed E-state index contributed by atoms with van der Waals surface area (Å²) < 4.78 is 58.9. The van der Waals surface area contributed by atoms with Crippen molar-refractivity contribution < 1.29 is 45.6 Å². The molecule has 0 aromatic heterocycles. The molecule has 0 aromatic rings. The van der Waals surface area contributed by atoms with Gasteiger partial charge < -0.3 is 4.55 Å². The Morgan fingerprint density at radius 1 is 0.676 bits per heavy atom. The quantitative estimate of drug-likeness (QED) is 0.117. The second kappa shape index (κ2) is 20.1. The molecule has 4 atom stereocenters. The molecule has 5 radical (unpaired) electrons. The van der Waals surface area contributed by atoms with Crippen LogP contribution in [0.1, 0.15) is 105 Å². The Hall–Kier alpha value is 1.18. The number of alkyl halides is 3. The Balaban J connectivity index is 0.000000631. The van der Waals surface area contributed by atoms with Crippen molar-refractivity contribution in [3.8, 4) is 0 Å². The molecule has 0 unspecified atom stereocenters. The van der Waals surface area contributed by atoms with Crippen molar-refractivity contribution >= 4 is 26.0 Å². The van der Waals surface area contributed by atoms with Gasteiger partial charge in [-0.25, -0.2) is 8.42 Å². The smallest absolute Gasteiger partial charge is 0.485 e. The van der Waals surface area contributed by atoms with Gasteiger partial charge in [0.15, 0.2) is 10.1 Å². The molecule has 10 heteroatoms. The summed E-state index contributed by atoms with van der Waals surface area (Å²) in [5.41, 5.74) is -1.12. The van der Waals surface area contributed by atoms with Crippen LogP contribution in [-0.4, -0.2) is 53.4 Å². The van der Waals surface area contributed by atoms with Crippen molar-refractivity contribution in [2.75, 3.05) is 12.3 Å². The van der Waals surface area contributed by atoms with Crippen LogP contribution in [0.5, 0.6) is 0 Å². The summed E-state index contributed by atoms with van der Waals surface area (Å²) >= 11 is 0. The molecule has 0 amide bonds. The monoisotopic (exact) mass is 674 g/mol. The van der Waals surface area contributed by atoms with Gasteiger partial charge in [0.05, 0.1) is 0 Å². The molecule has 2 saturated heterocycles. The number of rotatable bonds is 7. The van der Waals surface area contributed by atoms with Crippen molar-refractivity contribution in [1.82, 2.24) is 0 Å². The Bertz CT molecular complexity index is 606. The molecule has 2 heterocycles. The molecular weight excluding hydrogens is 626 g/mol. The Kier molecular flexibility index (Phi) is 20.8. The zero-order valence-electron chi connectivity index (χ0n) is 23.0. The minimum atomic E-state index is -6.09. The van der Waals surface area contributed by atoms with E-state index in [-0.39, 0.29) is 19.5 Å². The van der Waals surface area contributed by atoms with Gasteiger partial charge in [0, 0.05) is 19.5 Å². The van der Waals surface area contributed by atoms with Crippen LogP contribution in [0, 0.1) is 25.7 Å². The number of hydrogen-bond donors (Lipinski definition) is 0. The van der Waals surface area contributed by atoms with Gasteiger partial charge in [-0.15, -0.1) is 15.8 Å². The normalized spacial score (nSPS) is 27.7. The first-order chi connectivity index (χ1) is 17.0. The first-order valence-corrected chi connectivity index (χ1v) is 18.6. The van der Waals surface area contributed by atoms with E-state index in [1.54, 1.807) is 38.0 Å². The number of hydrogen-bond acceptors (Lipinski definition) is 3. The van der Waals surface area contributed by atoms with Gasteiger partial charge in [-0.2, -0.15) is 13.2 Å². The van der Waals surface area contributed by atoms with Gasteiger partial charge in [-0.05, 0) is 138 Å². The van der Waals surface area contributed by atoms with Gasteiger partial charge in [0.25, 0.3) is 0 Å². The molecule has 37 heavy (non-hydrogen) atoms. The Labute approximate surface area is 241 Å². The first-order valence-electron chi connectivity index (χ1n) is 13.8. The van der Waals surface area contributed by atoms with Crippen LogP contribution in [-0.2, 0) is 29.6 Å². The van der Waals surface area contributed by atoms with E-state index in [9.17, 15) is 13.2 Å². The Morgan fingerprint density at radius 3 is 1.05 bits per heavy atom. The largest absolute Gasteiger partial charge is 0.741 e. The summed E-state index contributed by atoms with van der Waals surface area (Å²) in [5, 5.41) is 0. The summed E-state index contributed by atoms with van der Waals surface area (Å²) in [7, 11) is -5.33. The van der Waals surface area contributed by atoms with Crippen molar-refractivity contribution in [3.63, 3.8) is 0 Å². The molecule has 1 saturated carbocycles. The van der Waals surface area contributed by atoms with Crippen molar-refractivity contribution in [2.24, 2.45) is 0 Å². The fourth-order valence-corrected chi connectivity index (χ4v) is 13.9. The zero-order valence-corrected chi connectivity index (χ0v) is 27.3. The van der Waals surface area contributed by atoms with E-state index < -0.39 is 15.6 Å². The molecule has 2 aliphatic heterocycles. The summed E-state index contributed by atoms with van der Waals surface area (Å²) in [5.74, 6) is 0. The van der Waals surface area contributed by atoms with Crippen LogP contribution in [0.2, 0.25) is 0 Å². The minimum Gasteiger partial charge on any atom is -0.741 e. The second-order valence-corrected chi connectivity index (χ2v) is 17.1. The van der Waals surface area contributed by atoms with Crippen LogP contribution in [0.3, 0.4) is 0 Å². The van der Waals surface area contributed by atoms with Crippen LogP contribution in [0.15, 0.2) is 0 Å². The third kappa shape index (κ3) is 14.1. The van der Waals surface area contributed by atoms with E-state index in [1.165, 1.54) is 51.4 Å². The van der Waals surface area contributed by atoms with E-state index in [0.29, 0.717) is 15.8 Å². The maximum Gasteiger partial charge on any atom is 0.485 e. The third-order valence-corrected chi connectivity index (χ3v) is 16.3. The molecule has 221 valence electrons. The minimum absolute atomic E-state index is 0. The van der Waals surface area contributed by atoms with Gasteiger partial charge in [0.2, 0.25) is 0 Å². The topological polar surface area (TPSA) is 57.2 Å². The summed E-state index contributed by atoms with van der Waals surface area (Å²) in [6, 6.07) is 0. The van der Waals surface area contributed by atoms with E-state index in [2.05, 4.69) is 53.4 Å². The fraction of sp³-hybridized carbons (Fsp3) is 0.852. The average Bonchev–Trinajstić information content (AvgIpc) is 3.39. The van der Waals surface area contributed by atoms with Crippen molar-refractivity contribution in [2.45, 2.75) is 133 Å². The SMILES string of the molecule is CC[C@@H]1CC[C@@H](CC)P1CCP1[C@H](CC)CC[C@H]1CC.O=S(=O)([O-])C(F)(F)F.[CH]1[CH]CC[CH][CH]CC1.[Rh]. The van der Waals surface area contributed by atoms with Crippen LogP contribution >= 0.6 is 15.8 Å². The Morgan fingerprint density at radius 2 is 0.892 bits per heavy atom. The molecule has 1 aliphatic carbocycles. The van der Waals surface area contributed by atoms with Crippen molar-refractivity contribution in [3.05, 3.63) is 25.7 Å². The molecule has 3 aliphatic rings. The van der Waals surface area contributed by atoms with Gasteiger partial charge in [-0.1, -0.05) is 27.7 Å². The summed E-state index contributed by atoms with van der Waals surface area (Å²) in [6.45, 7) is 9.79. The van der Waals surface area contributed by atoms with E-state index in [0.717, 1.165) is 22.6 Å². The van der Waals surface area contributed by atoms with Crippen molar-refractivity contribution in [1.29, 1.82) is 0 Å². The predicted molar refractivity (Wildman–Crippen MR) is 150 cm³/mol. The van der Waals surface area contributed by atoms with Crippen LogP contribution < -0.4 is 0 Å². The van der Waals surface area contributed by atoms with Gasteiger partial charge >= 0.3 is 5.51 Å². The number of halogens is 3. The molecule has 0 N–H and O–H groups in total. The van der Waals surface area contributed by atoms with Crippen LogP contribution in [0.4, 0.5) is 13.2 Å². The van der Waals surface area contributed by atoms with E-state index in [4.69, 9.17) is 13.0 Å². The predicted octanol–water partition coefficient (Wildman–Crippen LogP) is 9.08. The third-order valence-electron chi connectivity index (χ3n) is 7.66. The molecular formula is C27H48F3O3P2RhS-. The second-order valence-electron chi connectivity index (χ2n) is 9.88. The van der Waals surface area contributed by atoms with E-state index >= 15 is 0 Å². The molecule has 3 fully saturated rings. The maximum atomic E-state index is 10.7. The van der Waals surface area contributed by atoms with Gasteiger partial charge in [-0.3, -0.25) is 0 Å².